The minimum absolute atomic E-state index is 0.385. The van der Waals surface area contributed by atoms with E-state index >= 15 is 0 Å². The Morgan fingerprint density at radius 1 is 1.14 bits per heavy atom. The number of hydrogen-bond acceptors (Lipinski definition) is 5. The van der Waals surface area contributed by atoms with Crippen molar-refractivity contribution in [2.75, 3.05) is 13.2 Å². The number of nitrogens with zero attached hydrogens (tertiary/aromatic N) is 4. The molecule has 118 valence electrons. The maximum atomic E-state index is 5.47. The van der Waals surface area contributed by atoms with Crippen molar-refractivity contribution < 1.29 is 9.26 Å². The average molecular weight is 302 g/mol. The molecule has 1 aliphatic heterocycles. The number of rotatable bonds is 4. The van der Waals surface area contributed by atoms with Crippen LogP contribution in [0.4, 0.5) is 0 Å². The molecular weight excluding hydrogens is 280 g/mol. The van der Waals surface area contributed by atoms with Crippen LogP contribution in [0.25, 0.3) is 0 Å². The molecule has 2 fully saturated rings. The van der Waals surface area contributed by atoms with Crippen molar-refractivity contribution in [3.8, 4) is 0 Å². The Labute approximate surface area is 129 Å². The van der Waals surface area contributed by atoms with Crippen molar-refractivity contribution in [1.82, 2.24) is 19.7 Å². The van der Waals surface area contributed by atoms with Crippen LogP contribution in [0.5, 0.6) is 0 Å². The minimum atomic E-state index is 0.385. The van der Waals surface area contributed by atoms with Crippen LogP contribution in [0.15, 0.2) is 16.9 Å². The van der Waals surface area contributed by atoms with Crippen LogP contribution < -0.4 is 0 Å². The Hall–Kier alpha value is -1.69. The summed E-state index contributed by atoms with van der Waals surface area (Å²) in [5.74, 6) is 3.50. The van der Waals surface area contributed by atoms with Gasteiger partial charge < -0.3 is 13.8 Å². The fourth-order valence-corrected chi connectivity index (χ4v) is 3.56. The van der Waals surface area contributed by atoms with E-state index in [2.05, 4.69) is 19.7 Å². The van der Waals surface area contributed by atoms with E-state index in [0.717, 1.165) is 31.3 Å². The molecule has 0 N–H and O–H groups in total. The fourth-order valence-electron chi connectivity index (χ4n) is 3.56. The van der Waals surface area contributed by atoms with Gasteiger partial charge in [-0.05, 0) is 19.3 Å². The van der Waals surface area contributed by atoms with E-state index < -0.39 is 0 Å². The van der Waals surface area contributed by atoms with Gasteiger partial charge in [-0.25, -0.2) is 4.98 Å². The molecule has 1 unspecified atom stereocenters. The zero-order valence-electron chi connectivity index (χ0n) is 12.8. The molecular formula is C16H22N4O2. The van der Waals surface area contributed by atoms with Gasteiger partial charge in [-0.2, -0.15) is 4.98 Å². The molecule has 6 nitrogen and oxygen atoms in total. The first kappa shape index (κ1) is 13.9. The lowest BCUT2D eigenvalue weighted by Crippen LogP contribution is -2.10. The maximum absolute atomic E-state index is 5.47. The Kier molecular flexibility index (Phi) is 3.93. The summed E-state index contributed by atoms with van der Waals surface area (Å²) in [6.45, 7) is 2.18. The summed E-state index contributed by atoms with van der Waals surface area (Å²) in [5, 5.41) is 4.20. The Morgan fingerprint density at radius 3 is 2.86 bits per heavy atom. The predicted octanol–water partition coefficient (Wildman–Crippen LogP) is 2.87. The molecule has 0 spiro atoms. The van der Waals surface area contributed by atoms with Crippen molar-refractivity contribution in [1.29, 1.82) is 0 Å². The van der Waals surface area contributed by atoms with Gasteiger partial charge in [0.2, 0.25) is 5.89 Å². The summed E-state index contributed by atoms with van der Waals surface area (Å²) >= 11 is 0. The van der Waals surface area contributed by atoms with Gasteiger partial charge >= 0.3 is 0 Å². The van der Waals surface area contributed by atoms with E-state index in [1.807, 2.05) is 12.4 Å². The SMILES string of the molecule is c1cn(Cc2nc(C3CCCCC3)no2)c(C2CCOC2)n1. The number of aromatic nitrogens is 4. The predicted molar refractivity (Wildman–Crippen MR) is 79.6 cm³/mol. The zero-order valence-corrected chi connectivity index (χ0v) is 12.8. The lowest BCUT2D eigenvalue weighted by molar-refractivity contribution is 0.192. The minimum Gasteiger partial charge on any atom is -0.381 e. The number of ether oxygens (including phenoxy) is 1. The van der Waals surface area contributed by atoms with Gasteiger partial charge in [-0.15, -0.1) is 0 Å². The topological polar surface area (TPSA) is 66.0 Å². The van der Waals surface area contributed by atoms with Gasteiger partial charge in [0.25, 0.3) is 0 Å². The third-order valence-corrected chi connectivity index (χ3v) is 4.80. The van der Waals surface area contributed by atoms with Gasteiger partial charge in [0.05, 0.1) is 6.61 Å². The van der Waals surface area contributed by atoms with Gasteiger partial charge in [0.1, 0.15) is 12.4 Å². The molecule has 0 radical (unpaired) electrons. The summed E-state index contributed by atoms with van der Waals surface area (Å²) < 4.78 is 13.0. The van der Waals surface area contributed by atoms with Crippen LogP contribution in [-0.4, -0.2) is 32.9 Å². The van der Waals surface area contributed by atoms with Gasteiger partial charge in [0.15, 0.2) is 5.82 Å². The normalized spacial score (nSPS) is 23.2. The van der Waals surface area contributed by atoms with Crippen LogP contribution in [0.3, 0.4) is 0 Å². The summed E-state index contributed by atoms with van der Waals surface area (Å²) in [5.41, 5.74) is 0. The van der Waals surface area contributed by atoms with Crippen LogP contribution in [0.2, 0.25) is 0 Å². The van der Waals surface area contributed by atoms with Crippen LogP contribution in [0.1, 0.15) is 67.9 Å². The second-order valence-corrected chi connectivity index (χ2v) is 6.36. The molecule has 1 aliphatic carbocycles. The highest BCUT2D eigenvalue weighted by Gasteiger charge is 2.24. The van der Waals surface area contributed by atoms with E-state index in [4.69, 9.17) is 9.26 Å². The van der Waals surface area contributed by atoms with Crippen molar-refractivity contribution in [3.63, 3.8) is 0 Å². The zero-order chi connectivity index (χ0) is 14.8. The number of imidazole rings is 1. The first-order valence-corrected chi connectivity index (χ1v) is 8.31. The fraction of sp³-hybridized carbons (Fsp3) is 0.688. The first-order valence-electron chi connectivity index (χ1n) is 8.31. The van der Waals surface area contributed by atoms with Gasteiger partial charge in [0, 0.05) is 30.8 Å². The summed E-state index contributed by atoms with van der Waals surface area (Å²) in [7, 11) is 0. The smallest absolute Gasteiger partial charge is 0.246 e. The highest BCUT2D eigenvalue weighted by Crippen LogP contribution is 2.31. The lowest BCUT2D eigenvalue weighted by Gasteiger charge is -2.17. The van der Waals surface area contributed by atoms with Crippen molar-refractivity contribution >= 4 is 0 Å². The molecule has 0 aromatic carbocycles. The molecule has 1 saturated heterocycles. The van der Waals surface area contributed by atoms with Crippen molar-refractivity contribution in [2.24, 2.45) is 0 Å². The lowest BCUT2D eigenvalue weighted by atomic mass is 9.89. The molecule has 2 aromatic heterocycles. The largest absolute Gasteiger partial charge is 0.381 e. The van der Waals surface area contributed by atoms with Gasteiger partial charge in [-0.3, -0.25) is 0 Å². The van der Waals surface area contributed by atoms with E-state index in [9.17, 15) is 0 Å². The average Bonchev–Trinajstić information content (AvgIpc) is 3.30. The van der Waals surface area contributed by atoms with E-state index in [1.54, 1.807) is 0 Å². The molecule has 22 heavy (non-hydrogen) atoms. The van der Waals surface area contributed by atoms with Crippen LogP contribution >= 0.6 is 0 Å². The summed E-state index contributed by atoms with van der Waals surface area (Å²) in [6, 6.07) is 0. The molecule has 3 heterocycles. The van der Waals surface area contributed by atoms with Crippen LogP contribution in [0, 0.1) is 0 Å². The molecule has 1 saturated carbocycles. The van der Waals surface area contributed by atoms with E-state index in [0.29, 0.717) is 24.3 Å². The second-order valence-electron chi connectivity index (χ2n) is 6.36. The quantitative estimate of drug-likeness (QED) is 0.869. The molecule has 1 atom stereocenters. The highest BCUT2D eigenvalue weighted by atomic mass is 16.5. The molecule has 2 aliphatic rings. The number of hydrogen-bond donors (Lipinski definition) is 0. The highest BCUT2D eigenvalue weighted by molar-refractivity contribution is 5.05. The molecule has 2 aromatic rings. The standard InChI is InChI=1S/C16H22N4O2/c1-2-4-12(5-3-1)15-18-14(22-19-15)10-20-8-7-17-16(20)13-6-9-21-11-13/h7-8,12-13H,1-6,9-11H2. The second kappa shape index (κ2) is 6.20. The monoisotopic (exact) mass is 302 g/mol. The summed E-state index contributed by atoms with van der Waals surface area (Å²) in [6.07, 6.45) is 11.1. The molecule has 4 rings (SSSR count). The van der Waals surface area contributed by atoms with E-state index in [-0.39, 0.29) is 0 Å². The summed E-state index contributed by atoms with van der Waals surface area (Å²) in [4.78, 5) is 9.10. The van der Waals surface area contributed by atoms with Crippen molar-refractivity contribution in [3.05, 3.63) is 29.9 Å². The third-order valence-electron chi connectivity index (χ3n) is 4.80. The third kappa shape index (κ3) is 2.79. The Bertz CT molecular complexity index is 609. The van der Waals surface area contributed by atoms with Crippen LogP contribution in [-0.2, 0) is 11.3 Å². The molecule has 0 amide bonds. The first-order chi connectivity index (χ1) is 10.9. The van der Waals surface area contributed by atoms with Gasteiger partial charge in [-0.1, -0.05) is 24.4 Å². The maximum Gasteiger partial charge on any atom is 0.246 e. The van der Waals surface area contributed by atoms with Crippen molar-refractivity contribution in [2.45, 2.75) is 56.9 Å². The molecule has 0 bridgehead atoms. The van der Waals surface area contributed by atoms with E-state index in [1.165, 1.54) is 32.1 Å². The Balaban J connectivity index is 1.47. The molecule has 6 heteroatoms. The Morgan fingerprint density at radius 2 is 2.05 bits per heavy atom.